The second kappa shape index (κ2) is 9.04. The largest absolute Gasteiger partial charge is 0.508 e. The Balaban J connectivity index is 1.69. The van der Waals surface area contributed by atoms with Crippen molar-refractivity contribution in [1.29, 1.82) is 0 Å². The normalized spacial score (nSPS) is 24.7. The Morgan fingerprint density at radius 2 is 1.71 bits per heavy atom. The number of rotatable bonds is 5. The van der Waals surface area contributed by atoms with Crippen LogP contribution in [0.25, 0.3) is 0 Å². The van der Waals surface area contributed by atoms with E-state index in [1.807, 2.05) is 45.9 Å². The number of aromatic hydroxyl groups is 1. The summed E-state index contributed by atoms with van der Waals surface area (Å²) >= 11 is 0. The van der Waals surface area contributed by atoms with Gasteiger partial charge in [0.25, 0.3) is 0 Å². The number of phenols is 1. The van der Waals surface area contributed by atoms with E-state index in [0.717, 1.165) is 24.8 Å². The Hall–Kier alpha value is -2.31. The molecule has 184 valence electrons. The Morgan fingerprint density at radius 3 is 2.32 bits per heavy atom. The maximum Gasteiger partial charge on any atom is 0.412 e. The Kier molecular flexibility index (Phi) is 6.60. The van der Waals surface area contributed by atoms with Gasteiger partial charge >= 0.3 is 6.09 Å². The maximum absolute atomic E-state index is 13.5. The Labute approximate surface area is 205 Å². The fourth-order valence-electron chi connectivity index (χ4n) is 6.30. The molecule has 3 atom stereocenters. The van der Waals surface area contributed by atoms with Crippen LogP contribution in [0.15, 0.2) is 54.6 Å². The molecule has 2 fully saturated rings. The van der Waals surface area contributed by atoms with Crippen LogP contribution < -0.4 is 5.19 Å². The van der Waals surface area contributed by atoms with Crippen LogP contribution in [-0.2, 0) is 9.47 Å². The highest BCUT2D eigenvalue weighted by Gasteiger charge is 2.52. The number of ether oxygens (including phenoxy) is 2. The van der Waals surface area contributed by atoms with Gasteiger partial charge in [-0.2, -0.15) is 0 Å². The molecule has 1 amide bonds. The number of amides is 1. The zero-order chi connectivity index (χ0) is 24.7. The number of hydrogen-bond donors (Lipinski definition) is 1. The number of phenolic OH excluding ortho intramolecular Hbond substituents is 1. The monoisotopic (exact) mass is 481 g/mol. The van der Waals surface area contributed by atoms with E-state index in [0.29, 0.717) is 12.4 Å². The van der Waals surface area contributed by atoms with Gasteiger partial charge in [-0.05, 0) is 64.1 Å². The van der Waals surface area contributed by atoms with Crippen LogP contribution >= 0.6 is 0 Å². The molecular formula is C28H39NO4Si. The molecule has 5 nitrogen and oxygen atoms in total. The second-order valence-corrected chi connectivity index (χ2v) is 16.2. The number of benzene rings is 2. The molecule has 2 aromatic rings. The van der Waals surface area contributed by atoms with E-state index in [-0.39, 0.29) is 23.7 Å². The maximum atomic E-state index is 13.5. The van der Waals surface area contributed by atoms with Crippen LogP contribution in [0.2, 0.25) is 13.1 Å². The average molecular weight is 482 g/mol. The van der Waals surface area contributed by atoms with Crippen molar-refractivity contribution in [3.8, 4) is 5.75 Å². The molecule has 0 bridgehead atoms. The summed E-state index contributed by atoms with van der Waals surface area (Å²) in [5.74, 6) is 0.477. The van der Waals surface area contributed by atoms with E-state index in [2.05, 4.69) is 43.4 Å². The van der Waals surface area contributed by atoms with E-state index in [9.17, 15) is 9.90 Å². The first kappa shape index (κ1) is 24.8. The highest BCUT2D eigenvalue weighted by molar-refractivity contribution is 6.91. The van der Waals surface area contributed by atoms with Gasteiger partial charge in [0.1, 0.15) is 17.6 Å². The van der Waals surface area contributed by atoms with Gasteiger partial charge in [-0.3, -0.25) is 4.90 Å². The zero-order valence-electron chi connectivity index (χ0n) is 21.4. The summed E-state index contributed by atoms with van der Waals surface area (Å²) in [4.78, 5) is 15.3. The summed E-state index contributed by atoms with van der Waals surface area (Å²) in [5, 5.41) is 12.3. The molecule has 1 N–H and O–H groups in total. The lowest BCUT2D eigenvalue weighted by Crippen LogP contribution is -2.55. The van der Waals surface area contributed by atoms with Crippen LogP contribution in [-0.4, -0.2) is 48.1 Å². The van der Waals surface area contributed by atoms with Crippen molar-refractivity contribution < 1.29 is 19.4 Å². The molecule has 34 heavy (non-hydrogen) atoms. The highest BCUT2D eigenvalue weighted by Crippen LogP contribution is 2.47. The standard InChI is InChI=1S/C28H39NO4Si/c1-27(2)19-32-28(3,4)29(27)26(31)33-24-18-12-16-22(24)25(21-15-10-11-17-23(21)30)34(5,6)20-13-8-7-9-14-20/h7-11,13-15,17,22,24-25,30H,12,16,18-19H2,1-6H3/t22-,24-,25+/m1/s1. The van der Waals surface area contributed by atoms with E-state index in [1.165, 1.54) is 5.19 Å². The molecule has 2 aliphatic rings. The summed E-state index contributed by atoms with van der Waals surface area (Å²) in [6.45, 7) is 13.1. The lowest BCUT2D eigenvalue weighted by molar-refractivity contribution is -0.0614. The molecule has 0 radical (unpaired) electrons. The lowest BCUT2D eigenvalue weighted by Gasteiger charge is -2.41. The van der Waals surface area contributed by atoms with Crippen LogP contribution in [0.5, 0.6) is 5.75 Å². The summed E-state index contributed by atoms with van der Waals surface area (Å²) < 4.78 is 12.2. The third-order valence-electron chi connectivity index (χ3n) is 7.86. The van der Waals surface area contributed by atoms with E-state index in [4.69, 9.17) is 9.47 Å². The Morgan fingerprint density at radius 1 is 1.06 bits per heavy atom. The van der Waals surface area contributed by atoms with Crippen molar-refractivity contribution in [2.24, 2.45) is 5.92 Å². The van der Waals surface area contributed by atoms with Gasteiger partial charge in [-0.15, -0.1) is 0 Å². The highest BCUT2D eigenvalue weighted by atomic mass is 28.3. The number of para-hydroxylation sites is 1. The number of nitrogens with zero attached hydrogens (tertiary/aromatic N) is 1. The zero-order valence-corrected chi connectivity index (χ0v) is 22.4. The van der Waals surface area contributed by atoms with Gasteiger partial charge < -0.3 is 14.6 Å². The molecule has 0 unspecified atom stereocenters. The smallest absolute Gasteiger partial charge is 0.412 e. The molecule has 1 aliphatic carbocycles. The van der Waals surface area contributed by atoms with Crippen molar-refractivity contribution in [3.63, 3.8) is 0 Å². The molecule has 2 aromatic carbocycles. The van der Waals surface area contributed by atoms with Crippen molar-refractivity contribution in [1.82, 2.24) is 4.90 Å². The van der Waals surface area contributed by atoms with Gasteiger partial charge in [-0.1, -0.05) is 66.8 Å². The molecule has 1 heterocycles. The van der Waals surface area contributed by atoms with E-state index >= 15 is 0 Å². The van der Waals surface area contributed by atoms with Crippen molar-refractivity contribution >= 4 is 19.4 Å². The fraction of sp³-hybridized carbons (Fsp3) is 0.536. The molecule has 1 saturated heterocycles. The minimum absolute atomic E-state index is 0.118. The van der Waals surface area contributed by atoms with Gasteiger partial charge in [0.2, 0.25) is 0 Å². The molecule has 6 heteroatoms. The summed E-state index contributed by atoms with van der Waals surface area (Å²) in [6, 6.07) is 18.4. The second-order valence-electron chi connectivity index (χ2n) is 11.5. The van der Waals surface area contributed by atoms with Crippen LogP contribution in [0.1, 0.15) is 58.1 Å². The molecule has 1 aliphatic heterocycles. The number of hydrogen-bond acceptors (Lipinski definition) is 4. The predicted molar refractivity (Wildman–Crippen MR) is 138 cm³/mol. The lowest BCUT2D eigenvalue weighted by atomic mass is 9.94. The molecule has 0 spiro atoms. The average Bonchev–Trinajstić information content (AvgIpc) is 3.30. The minimum atomic E-state index is -2.12. The van der Waals surface area contributed by atoms with Gasteiger partial charge in [-0.25, -0.2) is 4.79 Å². The SMILES string of the molecule is CC1(C)COC(C)(C)N1C(=O)O[C@@H]1CCC[C@H]1[C@H](c1ccccc1O)[Si](C)(C)c1ccccc1. The topological polar surface area (TPSA) is 59.0 Å². The first-order valence-corrected chi connectivity index (χ1v) is 15.5. The quantitative estimate of drug-likeness (QED) is 0.550. The molecular weight excluding hydrogens is 442 g/mol. The first-order chi connectivity index (χ1) is 15.9. The number of carbonyl (C=O) groups is 1. The summed E-state index contributed by atoms with van der Waals surface area (Å²) in [5.41, 5.74) is -0.0402. The van der Waals surface area contributed by atoms with E-state index in [1.54, 1.807) is 11.0 Å². The van der Waals surface area contributed by atoms with Crippen LogP contribution in [0, 0.1) is 5.92 Å². The number of carbonyl (C=O) groups excluding carboxylic acids is 1. The fourth-order valence-corrected chi connectivity index (χ4v) is 10.2. The molecule has 1 saturated carbocycles. The molecule has 4 rings (SSSR count). The third-order valence-corrected chi connectivity index (χ3v) is 12.0. The van der Waals surface area contributed by atoms with Crippen molar-refractivity contribution in [2.75, 3.05) is 6.61 Å². The minimum Gasteiger partial charge on any atom is -0.508 e. The van der Waals surface area contributed by atoms with Crippen LogP contribution in [0.3, 0.4) is 0 Å². The van der Waals surface area contributed by atoms with Gasteiger partial charge in [0, 0.05) is 5.92 Å². The first-order valence-electron chi connectivity index (χ1n) is 12.4. The van der Waals surface area contributed by atoms with Crippen molar-refractivity contribution in [3.05, 3.63) is 60.2 Å². The summed E-state index contributed by atoms with van der Waals surface area (Å²) in [7, 11) is -2.12. The molecule has 0 aromatic heterocycles. The van der Waals surface area contributed by atoms with Crippen molar-refractivity contribution in [2.45, 2.75) is 83.0 Å². The third kappa shape index (κ3) is 4.50. The van der Waals surface area contributed by atoms with E-state index < -0.39 is 19.3 Å². The summed E-state index contributed by atoms with van der Waals surface area (Å²) in [6.07, 6.45) is 2.33. The van der Waals surface area contributed by atoms with Gasteiger partial charge in [0.15, 0.2) is 0 Å². The predicted octanol–water partition coefficient (Wildman–Crippen LogP) is 5.78. The Bertz CT molecular complexity index is 1000. The van der Waals surface area contributed by atoms with Crippen LogP contribution in [0.4, 0.5) is 4.79 Å². The van der Waals surface area contributed by atoms with Gasteiger partial charge in [0.05, 0.1) is 20.2 Å².